The van der Waals surface area contributed by atoms with Crippen LogP contribution < -0.4 is 14.9 Å². The van der Waals surface area contributed by atoms with E-state index in [4.69, 9.17) is 9.47 Å². The molecule has 1 N–H and O–H groups in total. The number of carbonyl (C=O) groups is 2. The molecule has 0 aliphatic rings. The van der Waals surface area contributed by atoms with Gasteiger partial charge in [0.1, 0.15) is 0 Å². The Morgan fingerprint density at radius 3 is 2.22 bits per heavy atom. The average Bonchev–Trinajstić information content (AvgIpc) is 2.36. The highest BCUT2D eigenvalue weighted by Gasteiger charge is 2.16. The predicted octanol–water partition coefficient (Wildman–Crippen LogP) is 0.723. The van der Waals surface area contributed by atoms with Crippen molar-refractivity contribution in [2.45, 2.75) is 0 Å². The van der Waals surface area contributed by atoms with Gasteiger partial charge >= 0.3 is 0 Å². The number of amides is 1. The lowest BCUT2D eigenvalue weighted by atomic mass is 10.1. The zero-order valence-corrected chi connectivity index (χ0v) is 10.8. The summed E-state index contributed by atoms with van der Waals surface area (Å²) in [5.41, 5.74) is 3.04. The molecule has 6 heteroatoms. The molecule has 6 nitrogen and oxygen atoms in total. The first kappa shape index (κ1) is 14.0. The highest BCUT2D eigenvalue weighted by molar-refractivity contribution is 6.02. The Labute approximate surface area is 105 Å². The van der Waals surface area contributed by atoms with E-state index < -0.39 is 0 Å². The van der Waals surface area contributed by atoms with Crippen LogP contribution in [0.4, 0.5) is 0 Å². The fraction of sp³-hybridized carbons (Fsp3) is 0.333. The van der Waals surface area contributed by atoms with Crippen molar-refractivity contribution in [3.05, 3.63) is 23.3 Å². The van der Waals surface area contributed by atoms with Crippen LogP contribution in [0.25, 0.3) is 0 Å². The molecule has 0 saturated carbocycles. The van der Waals surface area contributed by atoms with E-state index in [-0.39, 0.29) is 17.0 Å². The summed E-state index contributed by atoms with van der Waals surface area (Å²) in [7, 11) is 6.29. The third-order valence-electron chi connectivity index (χ3n) is 2.25. The minimum absolute atomic E-state index is 0.233. The molecule has 0 saturated heterocycles. The number of nitrogens with zero attached hydrogens (tertiary/aromatic N) is 1. The molecule has 0 bridgehead atoms. The smallest absolute Gasteiger partial charge is 0.266 e. The summed E-state index contributed by atoms with van der Waals surface area (Å²) in [4.78, 5) is 22.9. The Morgan fingerprint density at radius 1 is 1.22 bits per heavy atom. The number of hydrogen-bond donors (Lipinski definition) is 1. The van der Waals surface area contributed by atoms with Crippen LogP contribution in [-0.4, -0.2) is 45.5 Å². The average molecular weight is 252 g/mol. The molecule has 0 heterocycles. The molecule has 1 amide bonds. The summed E-state index contributed by atoms with van der Waals surface area (Å²) in [6, 6.07) is 2.94. The molecule has 0 aromatic heterocycles. The normalized spacial score (nSPS) is 10.1. The van der Waals surface area contributed by atoms with E-state index in [1.807, 2.05) is 0 Å². The third-order valence-corrected chi connectivity index (χ3v) is 2.25. The van der Waals surface area contributed by atoms with Crippen molar-refractivity contribution in [2.75, 3.05) is 28.3 Å². The number of rotatable bonds is 5. The second-order valence-electron chi connectivity index (χ2n) is 3.75. The Bertz CT molecular complexity index is 458. The van der Waals surface area contributed by atoms with Gasteiger partial charge in [-0.15, -0.1) is 0 Å². The van der Waals surface area contributed by atoms with Crippen molar-refractivity contribution in [3.8, 4) is 11.5 Å². The van der Waals surface area contributed by atoms with Crippen molar-refractivity contribution in [3.63, 3.8) is 0 Å². The minimum Gasteiger partial charge on any atom is -0.493 e. The first-order valence-electron chi connectivity index (χ1n) is 5.23. The van der Waals surface area contributed by atoms with Gasteiger partial charge in [-0.1, -0.05) is 0 Å². The molecule has 0 atom stereocenters. The Morgan fingerprint density at radius 2 is 1.78 bits per heavy atom. The first-order chi connectivity index (χ1) is 8.53. The number of hydrogen-bond acceptors (Lipinski definition) is 5. The largest absolute Gasteiger partial charge is 0.493 e. The molecule has 0 aliphatic heterocycles. The van der Waals surface area contributed by atoms with E-state index in [0.29, 0.717) is 17.8 Å². The molecule has 0 aliphatic carbocycles. The molecule has 1 rings (SSSR count). The van der Waals surface area contributed by atoms with Crippen molar-refractivity contribution < 1.29 is 19.1 Å². The van der Waals surface area contributed by atoms with Gasteiger partial charge < -0.3 is 9.47 Å². The fourth-order valence-electron chi connectivity index (χ4n) is 1.45. The molecule has 0 fully saturated rings. The second-order valence-corrected chi connectivity index (χ2v) is 3.75. The van der Waals surface area contributed by atoms with Gasteiger partial charge in [0.25, 0.3) is 5.91 Å². The minimum atomic E-state index is -0.386. The molecule has 98 valence electrons. The van der Waals surface area contributed by atoms with E-state index in [1.54, 1.807) is 14.1 Å². The van der Waals surface area contributed by atoms with Crippen molar-refractivity contribution in [1.82, 2.24) is 10.4 Å². The maximum Gasteiger partial charge on any atom is 0.266 e. The predicted molar refractivity (Wildman–Crippen MR) is 66.1 cm³/mol. The molecule has 0 radical (unpaired) electrons. The van der Waals surface area contributed by atoms with Crippen molar-refractivity contribution >= 4 is 12.2 Å². The van der Waals surface area contributed by atoms with Crippen molar-refractivity contribution in [2.24, 2.45) is 0 Å². The van der Waals surface area contributed by atoms with Crippen LogP contribution in [0.1, 0.15) is 20.7 Å². The highest BCUT2D eigenvalue weighted by atomic mass is 16.5. The SMILES string of the molecule is COc1cc(C=O)c(C(=O)NN(C)C)cc1OC. The van der Waals surface area contributed by atoms with E-state index >= 15 is 0 Å². The maximum absolute atomic E-state index is 11.9. The zero-order chi connectivity index (χ0) is 13.7. The van der Waals surface area contributed by atoms with Crippen LogP contribution in [0.3, 0.4) is 0 Å². The second kappa shape index (κ2) is 6.02. The lowest BCUT2D eigenvalue weighted by Gasteiger charge is -2.15. The molecular weight excluding hydrogens is 236 g/mol. The molecule has 18 heavy (non-hydrogen) atoms. The van der Waals surface area contributed by atoms with Crippen LogP contribution in [0.2, 0.25) is 0 Å². The zero-order valence-electron chi connectivity index (χ0n) is 10.8. The van der Waals surface area contributed by atoms with E-state index in [9.17, 15) is 9.59 Å². The van der Waals surface area contributed by atoms with Gasteiger partial charge in [-0.05, 0) is 12.1 Å². The Balaban J connectivity index is 3.25. The summed E-state index contributed by atoms with van der Waals surface area (Å²) in [6.45, 7) is 0. The van der Waals surface area contributed by atoms with E-state index in [2.05, 4.69) is 5.43 Å². The summed E-state index contributed by atoms with van der Waals surface area (Å²) in [6.07, 6.45) is 0.604. The third kappa shape index (κ3) is 2.98. The van der Waals surface area contributed by atoms with Gasteiger partial charge in [-0.25, -0.2) is 5.01 Å². The number of ether oxygens (including phenoxy) is 2. The number of benzene rings is 1. The van der Waals surface area contributed by atoms with Gasteiger partial charge in [0.05, 0.1) is 19.8 Å². The topological polar surface area (TPSA) is 67.9 Å². The Hall–Kier alpha value is -2.08. The lowest BCUT2D eigenvalue weighted by Crippen LogP contribution is -2.36. The number of carbonyl (C=O) groups excluding carboxylic acids is 2. The molecular formula is C12H16N2O4. The van der Waals surface area contributed by atoms with Crippen molar-refractivity contribution in [1.29, 1.82) is 0 Å². The summed E-state index contributed by atoms with van der Waals surface area (Å²) < 4.78 is 10.2. The van der Waals surface area contributed by atoms with Gasteiger partial charge in [0.15, 0.2) is 17.8 Å². The number of aldehydes is 1. The van der Waals surface area contributed by atoms with Gasteiger partial charge in [0, 0.05) is 19.7 Å². The molecule has 1 aromatic rings. The highest BCUT2D eigenvalue weighted by Crippen LogP contribution is 2.29. The Kier molecular flexibility index (Phi) is 4.67. The maximum atomic E-state index is 11.9. The van der Waals surface area contributed by atoms with Crippen LogP contribution in [-0.2, 0) is 0 Å². The van der Waals surface area contributed by atoms with E-state index in [0.717, 1.165) is 0 Å². The summed E-state index contributed by atoms with van der Waals surface area (Å²) >= 11 is 0. The van der Waals surface area contributed by atoms with Gasteiger partial charge in [-0.3, -0.25) is 15.0 Å². The van der Waals surface area contributed by atoms with Crippen LogP contribution in [0, 0.1) is 0 Å². The van der Waals surface area contributed by atoms with Crippen LogP contribution in [0.15, 0.2) is 12.1 Å². The quantitative estimate of drug-likeness (QED) is 0.618. The molecule has 0 unspecified atom stereocenters. The first-order valence-corrected chi connectivity index (χ1v) is 5.23. The number of nitrogens with one attached hydrogen (secondary N) is 1. The van der Waals surface area contributed by atoms with Gasteiger partial charge in [-0.2, -0.15) is 0 Å². The summed E-state index contributed by atoms with van der Waals surface area (Å²) in [5, 5.41) is 1.49. The monoisotopic (exact) mass is 252 g/mol. The number of hydrazine groups is 1. The lowest BCUT2D eigenvalue weighted by molar-refractivity contribution is 0.0852. The summed E-state index contributed by atoms with van der Waals surface area (Å²) in [5.74, 6) is 0.413. The molecule has 1 aromatic carbocycles. The number of methoxy groups -OCH3 is 2. The van der Waals surface area contributed by atoms with Gasteiger partial charge in [0.2, 0.25) is 0 Å². The van der Waals surface area contributed by atoms with Crippen LogP contribution in [0.5, 0.6) is 11.5 Å². The van der Waals surface area contributed by atoms with Crippen LogP contribution >= 0.6 is 0 Å². The fourth-order valence-corrected chi connectivity index (χ4v) is 1.45. The molecule has 0 spiro atoms. The van der Waals surface area contributed by atoms with E-state index in [1.165, 1.54) is 31.4 Å². The standard InChI is InChI=1S/C12H16N2O4/c1-14(2)13-12(16)9-6-11(18-4)10(17-3)5-8(9)7-15/h5-7H,1-4H3,(H,13,16).